The van der Waals surface area contributed by atoms with E-state index in [2.05, 4.69) is 15.8 Å². The van der Waals surface area contributed by atoms with Crippen molar-refractivity contribution in [2.24, 2.45) is 5.10 Å². The summed E-state index contributed by atoms with van der Waals surface area (Å²) >= 11 is 5.98. The molecule has 0 aliphatic carbocycles. The third kappa shape index (κ3) is 6.06. The van der Waals surface area contributed by atoms with Gasteiger partial charge in [-0.3, -0.25) is 19.7 Å². The van der Waals surface area contributed by atoms with E-state index in [4.69, 9.17) is 16.3 Å². The molecule has 0 aliphatic rings. The summed E-state index contributed by atoms with van der Waals surface area (Å²) in [4.78, 5) is 33.1. The summed E-state index contributed by atoms with van der Waals surface area (Å²) < 4.78 is 5.71. The first-order valence-electron chi connectivity index (χ1n) is 8.17. The zero-order chi connectivity index (χ0) is 20.5. The van der Waals surface area contributed by atoms with Crippen molar-refractivity contribution in [1.29, 1.82) is 0 Å². The number of nitro groups is 1. The fourth-order valence-corrected chi connectivity index (χ4v) is 2.26. The number of likely N-dealkylation sites (N-methyl/N-ethyl adjacent to an activating group) is 1. The monoisotopic (exact) mass is 404 g/mol. The predicted octanol–water partition coefficient (Wildman–Crippen LogP) is 2.41. The van der Waals surface area contributed by atoms with E-state index < -0.39 is 16.7 Å². The van der Waals surface area contributed by atoms with Crippen molar-refractivity contribution < 1.29 is 19.2 Å². The van der Waals surface area contributed by atoms with Gasteiger partial charge in [-0.15, -0.1) is 0 Å². The van der Waals surface area contributed by atoms with Gasteiger partial charge in [0.05, 0.1) is 11.1 Å². The maximum Gasteiger partial charge on any atom is 0.329 e. The number of nitrogens with zero attached hydrogens (tertiary/aromatic N) is 2. The standard InChI is InChI=1S/C18H17ClN4O5/c1-2-20-17(24)18(25)22-21-10-13-9-14(19)5-8-16(13)28-11-12-3-6-15(7-4-12)23(26)27/h3-10H,2,11H2,1H3,(H,20,24)(H,22,25)/b21-10-. The Kier molecular flexibility index (Phi) is 7.46. The molecule has 0 aromatic heterocycles. The Morgan fingerprint density at radius 2 is 1.93 bits per heavy atom. The van der Waals surface area contributed by atoms with Crippen LogP contribution in [0.15, 0.2) is 47.6 Å². The Labute approximate surface area is 165 Å². The summed E-state index contributed by atoms with van der Waals surface area (Å²) in [7, 11) is 0. The summed E-state index contributed by atoms with van der Waals surface area (Å²) in [5.74, 6) is -1.26. The largest absolute Gasteiger partial charge is 0.488 e. The van der Waals surface area contributed by atoms with Crippen LogP contribution < -0.4 is 15.5 Å². The molecule has 10 heteroatoms. The fraction of sp³-hybridized carbons (Fsp3) is 0.167. The van der Waals surface area contributed by atoms with E-state index in [1.165, 1.54) is 18.3 Å². The van der Waals surface area contributed by atoms with Crippen molar-refractivity contribution in [3.8, 4) is 5.75 Å². The molecule has 2 aromatic carbocycles. The van der Waals surface area contributed by atoms with Crippen LogP contribution in [0.3, 0.4) is 0 Å². The number of hydrogen-bond donors (Lipinski definition) is 2. The van der Waals surface area contributed by atoms with Gasteiger partial charge in [0.2, 0.25) is 0 Å². The number of benzene rings is 2. The Hall–Kier alpha value is -3.46. The maximum atomic E-state index is 11.5. The van der Waals surface area contributed by atoms with Crippen LogP contribution >= 0.6 is 11.6 Å². The second kappa shape index (κ2) is 10.0. The molecule has 0 atom stereocenters. The lowest BCUT2D eigenvalue weighted by atomic mass is 10.2. The highest BCUT2D eigenvalue weighted by molar-refractivity contribution is 6.35. The molecular formula is C18H17ClN4O5. The van der Waals surface area contributed by atoms with Crippen LogP contribution in [0.4, 0.5) is 5.69 Å². The average molecular weight is 405 g/mol. The number of hydrogen-bond acceptors (Lipinski definition) is 6. The molecule has 0 heterocycles. The van der Waals surface area contributed by atoms with E-state index in [1.54, 1.807) is 37.3 Å². The van der Waals surface area contributed by atoms with E-state index in [0.29, 0.717) is 22.9 Å². The molecule has 0 spiro atoms. The Bertz CT molecular complexity index is 899. The molecule has 2 rings (SSSR count). The number of rotatable bonds is 7. The van der Waals surface area contributed by atoms with Gasteiger partial charge < -0.3 is 10.1 Å². The zero-order valence-electron chi connectivity index (χ0n) is 14.8. The molecule has 0 bridgehead atoms. The Morgan fingerprint density at radius 3 is 2.57 bits per heavy atom. The quantitative estimate of drug-likeness (QED) is 0.317. The second-order valence-corrected chi connectivity index (χ2v) is 5.89. The third-order valence-corrected chi connectivity index (χ3v) is 3.66. The zero-order valence-corrected chi connectivity index (χ0v) is 15.6. The van der Waals surface area contributed by atoms with E-state index >= 15 is 0 Å². The molecule has 146 valence electrons. The van der Waals surface area contributed by atoms with Crippen LogP contribution in [-0.2, 0) is 16.2 Å². The highest BCUT2D eigenvalue weighted by atomic mass is 35.5. The summed E-state index contributed by atoms with van der Waals surface area (Å²) in [6.07, 6.45) is 1.30. The SMILES string of the molecule is CCNC(=O)C(=O)N/N=C\c1cc(Cl)ccc1OCc1ccc([N+](=O)[O-])cc1. The minimum absolute atomic E-state index is 0.00841. The first kappa shape index (κ1) is 20.8. The normalized spacial score (nSPS) is 10.5. The van der Waals surface area contributed by atoms with Gasteiger partial charge in [-0.1, -0.05) is 11.6 Å². The number of nitrogens with one attached hydrogen (secondary N) is 2. The number of amides is 2. The molecule has 0 aliphatic heterocycles. The van der Waals surface area contributed by atoms with E-state index in [1.807, 2.05) is 0 Å². The Balaban J connectivity index is 2.05. The van der Waals surface area contributed by atoms with Gasteiger partial charge in [-0.05, 0) is 42.8 Å². The van der Waals surface area contributed by atoms with Crippen molar-refractivity contribution in [3.05, 3.63) is 68.7 Å². The van der Waals surface area contributed by atoms with E-state index in [0.717, 1.165) is 5.56 Å². The lowest BCUT2D eigenvalue weighted by molar-refractivity contribution is -0.384. The first-order chi connectivity index (χ1) is 13.4. The van der Waals surface area contributed by atoms with Crippen LogP contribution in [0.25, 0.3) is 0 Å². The fourth-order valence-electron chi connectivity index (χ4n) is 2.08. The predicted molar refractivity (Wildman–Crippen MR) is 103 cm³/mol. The molecule has 2 amide bonds. The van der Waals surface area contributed by atoms with E-state index in [-0.39, 0.29) is 12.3 Å². The summed E-state index contributed by atoms with van der Waals surface area (Å²) in [6.45, 7) is 2.17. The van der Waals surface area contributed by atoms with Crippen LogP contribution in [0.2, 0.25) is 5.02 Å². The van der Waals surface area contributed by atoms with Crippen LogP contribution in [0.1, 0.15) is 18.1 Å². The maximum absolute atomic E-state index is 11.5. The molecular weight excluding hydrogens is 388 g/mol. The smallest absolute Gasteiger partial charge is 0.329 e. The average Bonchev–Trinajstić information content (AvgIpc) is 2.67. The number of hydrazone groups is 1. The first-order valence-corrected chi connectivity index (χ1v) is 8.55. The number of carbonyl (C=O) groups is 2. The minimum atomic E-state index is -0.895. The van der Waals surface area contributed by atoms with Gasteiger partial charge in [0.15, 0.2) is 0 Å². The summed E-state index contributed by atoms with van der Waals surface area (Å²) in [6, 6.07) is 10.8. The third-order valence-electron chi connectivity index (χ3n) is 3.43. The van der Waals surface area contributed by atoms with Gasteiger partial charge in [-0.2, -0.15) is 5.10 Å². The second-order valence-electron chi connectivity index (χ2n) is 5.45. The number of ether oxygens (including phenoxy) is 1. The lowest BCUT2D eigenvalue weighted by Crippen LogP contribution is -2.37. The number of nitro benzene ring substituents is 1. The number of non-ortho nitro benzene ring substituents is 1. The molecule has 0 saturated carbocycles. The lowest BCUT2D eigenvalue weighted by Gasteiger charge is -2.09. The van der Waals surface area contributed by atoms with Gasteiger partial charge in [0, 0.05) is 29.3 Å². The van der Waals surface area contributed by atoms with E-state index in [9.17, 15) is 19.7 Å². The minimum Gasteiger partial charge on any atom is -0.488 e. The summed E-state index contributed by atoms with van der Waals surface area (Å²) in [5.41, 5.74) is 3.31. The van der Waals surface area contributed by atoms with Crippen molar-refractivity contribution in [1.82, 2.24) is 10.7 Å². The van der Waals surface area contributed by atoms with Crippen LogP contribution in [-0.4, -0.2) is 29.5 Å². The van der Waals surface area contributed by atoms with Gasteiger partial charge in [0.25, 0.3) is 5.69 Å². The van der Waals surface area contributed by atoms with Gasteiger partial charge in [-0.25, -0.2) is 5.43 Å². The highest BCUT2D eigenvalue weighted by Crippen LogP contribution is 2.23. The summed E-state index contributed by atoms with van der Waals surface area (Å²) in [5, 5.41) is 17.2. The molecule has 0 unspecified atom stereocenters. The van der Waals surface area contributed by atoms with Crippen molar-refractivity contribution in [2.45, 2.75) is 13.5 Å². The van der Waals surface area contributed by atoms with Crippen molar-refractivity contribution in [3.63, 3.8) is 0 Å². The molecule has 2 N–H and O–H groups in total. The number of carbonyl (C=O) groups excluding carboxylic acids is 2. The van der Waals surface area contributed by atoms with Gasteiger partial charge in [0.1, 0.15) is 12.4 Å². The number of halogens is 1. The molecule has 0 fully saturated rings. The highest BCUT2D eigenvalue weighted by Gasteiger charge is 2.11. The molecule has 0 saturated heterocycles. The van der Waals surface area contributed by atoms with Crippen LogP contribution in [0, 0.1) is 10.1 Å². The molecule has 9 nitrogen and oxygen atoms in total. The van der Waals surface area contributed by atoms with Gasteiger partial charge >= 0.3 is 11.8 Å². The molecule has 28 heavy (non-hydrogen) atoms. The Morgan fingerprint density at radius 1 is 1.21 bits per heavy atom. The van der Waals surface area contributed by atoms with Crippen molar-refractivity contribution in [2.75, 3.05) is 6.54 Å². The topological polar surface area (TPSA) is 123 Å². The van der Waals surface area contributed by atoms with Crippen LogP contribution in [0.5, 0.6) is 5.75 Å². The molecule has 2 aromatic rings. The molecule has 0 radical (unpaired) electrons. The van der Waals surface area contributed by atoms with Crippen molar-refractivity contribution >= 4 is 35.3 Å².